The van der Waals surface area contributed by atoms with Crippen molar-refractivity contribution >= 4 is 17.3 Å². The number of amides is 1. The fraction of sp³-hybridized carbons (Fsp3) is 0.316. The Morgan fingerprint density at radius 2 is 1.84 bits per heavy atom. The third-order valence-electron chi connectivity index (χ3n) is 4.62. The molecule has 2 aromatic carbocycles. The molecule has 0 bridgehead atoms. The molecule has 1 saturated heterocycles. The number of hydrogen-bond acceptors (Lipinski definition) is 4. The van der Waals surface area contributed by atoms with Crippen molar-refractivity contribution in [3.8, 4) is 5.75 Å². The molecular formula is C19H20FN3O2. The Balaban J connectivity index is 1.64. The summed E-state index contributed by atoms with van der Waals surface area (Å²) < 4.78 is 18.7. The van der Waals surface area contributed by atoms with E-state index in [0.29, 0.717) is 12.3 Å². The summed E-state index contributed by atoms with van der Waals surface area (Å²) in [5.74, 6) is 0.341. The Morgan fingerprint density at radius 3 is 2.60 bits per heavy atom. The lowest BCUT2D eigenvalue weighted by Gasteiger charge is -2.33. The largest absolute Gasteiger partial charge is 0.482 e. The number of halogens is 1. The molecule has 0 saturated carbocycles. The van der Waals surface area contributed by atoms with E-state index in [-0.39, 0.29) is 18.3 Å². The SMILES string of the molecule is O=C1COc2ccc(N3CCNCC3)cc2N1Cc1ccc(F)cc1. The lowest BCUT2D eigenvalue weighted by molar-refractivity contribution is -0.121. The number of piperazine rings is 1. The first-order valence-electron chi connectivity index (χ1n) is 8.48. The quantitative estimate of drug-likeness (QED) is 0.929. The van der Waals surface area contributed by atoms with Crippen LogP contribution in [-0.4, -0.2) is 38.7 Å². The number of ether oxygens (including phenoxy) is 1. The number of anilines is 2. The predicted octanol–water partition coefficient (Wildman–Crippen LogP) is 2.16. The highest BCUT2D eigenvalue weighted by Crippen LogP contribution is 2.36. The summed E-state index contributed by atoms with van der Waals surface area (Å²) in [5, 5.41) is 3.34. The fourth-order valence-electron chi connectivity index (χ4n) is 3.26. The number of carbonyl (C=O) groups is 1. The maximum atomic E-state index is 13.1. The lowest BCUT2D eigenvalue weighted by atomic mass is 10.1. The van der Waals surface area contributed by atoms with E-state index in [9.17, 15) is 9.18 Å². The number of nitrogens with zero attached hydrogens (tertiary/aromatic N) is 2. The molecule has 0 spiro atoms. The smallest absolute Gasteiger partial charge is 0.265 e. The molecule has 0 aromatic heterocycles. The fourth-order valence-corrected chi connectivity index (χ4v) is 3.26. The van der Waals surface area contributed by atoms with Gasteiger partial charge in [0.15, 0.2) is 6.61 Å². The molecule has 2 aromatic rings. The van der Waals surface area contributed by atoms with Crippen molar-refractivity contribution in [1.82, 2.24) is 5.32 Å². The van der Waals surface area contributed by atoms with Gasteiger partial charge < -0.3 is 19.9 Å². The summed E-state index contributed by atoms with van der Waals surface area (Å²) in [6.45, 7) is 4.20. The van der Waals surface area contributed by atoms with Gasteiger partial charge >= 0.3 is 0 Å². The molecule has 2 aliphatic heterocycles. The normalized spacial score (nSPS) is 17.2. The van der Waals surface area contributed by atoms with Crippen LogP contribution >= 0.6 is 0 Å². The van der Waals surface area contributed by atoms with E-state index in [4.69, 9.17) is 4.74 Å². The molecule has 0 unspecified atom stereocenters. The van der Waals surface area contributed by atoms with Crippen LogP contribution in [0.25, 0.3) is 0 Å². The Kier molecular flexibility index (Phi) is 4.28. The second-order valence-corrected chi connectivity index (χ2v) is 6.28. The van der Waals surface area contributed by atoms with Gasteiger partial charge in [0.25, 0.3) is 5.91 Å². The van der Waals surface area contributed by atoms with Crippen LogP contribution in [0.5, 0.6) is 5.75 Å². The average Bonchev–Trinajstić information content (AvgIpc) is 2.66. The van der Waals surface area contributed by atoms with E-state index in [1.165, 1.54) is 12.1 Å². The van der Waals surface area contributed by atoms with Gasteiger partial charge in [0.2, 0.25) is 0 Å². The number of fused-ring (bicyclic) bond motifs is 1. The number of nitrogens with one attached hydrogen (secondary N) is 1. The van der Waals surface area contributed by atoms with Gasteiger partial charge in [-0.05, 0) is 35.9 Å². The van der Waals surface area contributed by atoms with Gasteiger partial charge in [0, 0.05) is 31.9 Å². The topological polar surface area (TPSA) is 44.8 Å². The summed E-state index contributed by atoms with van der Waals surface area (Å²) in [7, 11) is 0. The van der Waals surface area contributed by atoms with Crippen LogP contribution in [0.2, 0.25) is 0 Å². The molecule has 1 amide bonds. The van der Waals surface area contributed by atoms with Crippen molar-refractivity contribution in [1.29, 1.82) is 0 Å². The highest BCUT2D eigenvalue weighted by Gasteiger charge is 2.26. The second kappa shape index (κ2) is 6.72. The van der Waals surface area contributed by atoms with Crippen molar-refractivity contribution in [2.24, 2.45) is 0 Å². The Labute approximate surface area is 146 Å². The van der Waals surface area contributed by atoms with Crippen LogP contribution in [0, 0.1) is 5.82 Å². The summed E-state index contributed by atoms with van der Waals surface area (Å²) in [6, 6.07) is 12.2. The highest BCUT2D eigenvalue weighted by atomic mass is 19.1. The molecular weight excluding hydrogens is 321 g/mol. The average molecular weight is 341 g/mol. The molecule has 0 radical (unpaired) electrons. The summed E-state index contributed by atoms with van der Waals surface area (Å²) in [4.78, 5) is 16.4. The molecule has 25 heavy (non-hydrogen) atoms. The third-order valence-corrected chi connectivity index (χ3v) is 4.62. The van der Waals surface area contributed by atoms with Crippen LogP contribution < -0.4 is 19.9 Å². The third kappa shape index (κ3) is 3.30. The zero-order valence-corrected chi connectivity index (χ0v) is 13.9. The lowest BCUT2D eigenvalue weighted by Crippen LogP contribution is -2.44. The standard InChI is InChI=1S/C19H20FN3O2/c20-15-3-1-14(2-4-15)12-23-17-11-16(22-9-7-21-8-10-22)5-6-18(17)25-13-19(23)24/h1-6,11,21H,7-10,12-13H2. The maximum Gasteiger partial charge on any atom is 0.265 e. The van der Waals surface area contributed by atoms with Crippen molar-refractivity contribution < 1.29 is 13.9 Å². The predicted molar refractivity (Wildman–Crippen MR) is 94.6 cm³/mol. The van der Waals surface area contributed by atoms with Crippen LogP contribution in [0.1, 0.15) is 5.56 Å². The Morgan fingerprint density at radius 1 is 1.08 bits per heavy atom. The van der Waals surface area contributed by atoms with Crippen LogP contribution in [-0.2, 0) is 11.3 Å². The van der Waals surface area contributed by atoms with Crippen molar-refractivity contribution in [3.05, 3.63) is 53.8 Å². The minimum Gasteiger partial charge on any atom is -0.482 e. The van der Waals surface area contributed by atoms with Crippen molar-refractivity contribution in [2.45, 2.75) is 6.54 Å². The number of carbonyl (C=O) groups excluding carboxylic acids is 1. The molecule has 130 valence electrons. The molecule has 1 N–H and O–H groups in total. The molecule has 2 aliphatic rings. The Hall–Kier alpha value is -2.60. The van der Waals surface area contributed by atoms with Gasteiger partial charge in [0.1, 0.15) is 11.6 Å². The van der Waals surface area contributed by atoms with E-state index < -0.39 is 0 Å². The molecule has 5 nitrogen and oxygen atoms in total. The minimum atomic E-state index is -0.279. The van der Waals surface area contributed by atoms with E-state index >= 15 is 0 Å². The first-order chi connectivity index (χ1) is 12.2. The molecule has 0 aliphatic carbocycles. The van der Waals surface area contributed by atoms with Crippen molar-refractivity contribution in [2.75, 3.05) is 42.6 Å². The number of rotatable bonds is 3. The molecule has 0 atom stereocenters. The van der Waals surface area contributed by atoms with Crippen LogP contribution in [0.3, 0.4) is 0 Å². The first kappa shape index (κ1) is 15.9. The first-order valence-corrected chi connectivity index (χ1v) is 8.48. The van der Waals surface area contributed by atoms with Gasteiger partial charge in [-0.2, -0.15) is 0 Å². The highest BCUT2D eigenvalue weighted by molar-refractivity contribution is 5.98. The van der Waals surface area contributed by atoms with Gasteiger partial charge in [-0.1, -0.05) is 12.1 Å². The minimum absolute atomic E-state index is 0.0289. The molecule has 6 heteroatoms. The molecule has 4 rings (SSSR count). The monoisotopic (exact) mass is 341 g/mol. The zero-order chi connectivity index (χ0) is 17.2. The van der Waals surface area contributed by atoms with Crippen molar-refractivity contribution in [3.63, 3.8) is 0 Å². The van der Waals surface area contributed by atoms with Crippen LogP contribution in [0.15, 0.2) is 42.5 Å². The van der Waals surface area contributed by atoms with Gasteiger partial charge in [-0.25, -0.2) is 4.39 Å². The maximum absolute atomic E-state index is 13.1. The number of benzene rings is 2. The van der Waals surface area contributed by atoms with Gasteiger partial charge in [0.05, 0.1) is 12.2 Å². The second-order valence-electron chi connectivity index (χ2n) is 6.28. The van der Waals surface area contributed by atoms with E-state index in [2.05, 4.69) is 10.2 Å². The summed E-state index contributed by atoms with van der Waals surface area (Å²) in [6.07, 6.45) is 0. The zero-order valence-electron chi connectivity index (χ0n) is 13.9. The Bertz CT molecular complexity index is 773. The number of hydrogen-bond donors (Lipinski definition) is 1. The summed E-state index contributed by atoms with van der Waals surface area (Å²) in [5.41, 5.74) is 2.74. The molecule has 2 heterocycles. The molecule has 1 fully saturated rings. The summed E-state index contributed by atoms with van der Waals surface area (Å²) >= 11 is 0. The van der Waals surface area contributed by atoms with E-state index in [0.717, 1.165) is 43.1 Å². The van der Waals surface area contributed by atoms with E-state index in [1.54, 1.807) is 17.0 Å². The van der Waals surface area contributed by atoms with E-state index in [1.807, 2.05) is 18.2 Å². The van der Waals surface area contributed by atoms with Crippen LogP contribution in [0.4, 0.5) is 15.8 Å². The van der Waals surface area contributed by atoms with Gasteiger partial charge in [-0.3, -0.25) is 4.79 Å². The van der Waals surface area contributed by atoms with Gasteiger partial charge in [-0.15, -0.1) is 0 Å².